The molecule has 180 valence electrons. The molecule has 19 heteroatoms. The maximum atomic E-state index is 11.1. The molecule has 0 saturated heterocycles. The fraction of sp³-hybridized carbons (Fsp3) is 0.143. The first kappa shape index (κ1) is 32.3. The van der Waals surface area contributed by atoms with Gasteiger partial charge in [-0.05, 0) is 39.5 Å². The van der Waals surface area contributed by atoms with Crippen LogP contribution >= 0.6 is 30.4 Å². The van der Waals surface area contributed by atoms with E-state index in [1.165, 1.54) is 48.5 Å². The molecule has 0 spiro atoms. The molecule has 4 atom stereocenters. The third kappa shape index (κ3) is 11.1. The summed E-state index contributed by atoms with van der Waals surface area (Å²) in [5, 5.41) is 17.6. The summed E-state index contributed by atoms with van der Waals surface area (Å²) in [6, 6.07) is 13.8. The molecular formula is C14H14O14P4W. The molecule has 0 heterocycles. The average molecular weight is 714 g/mol. The van der Waals surface area contributed by atoms with E-state index in [0.29, 0.717) is 0 Å². The van der Waals surface area contributed by atoms with Gasteiger partial charge in [-0.15, -0.1) is 0 Å². The number of rotatable bonds is 8. The SMILES string of the molecule is O=P([O-])([O-])C(O)P(=O)([O-])Oc1ccccc1.O=P([O-])([O-])C(O)P(=O)([O-])Oc1ccccc1.[W+6]. The minimum atomic E-state index is -5.66. The van der Waals surface area contributed by atoms with Crippen LogP contribution in [0.2, 0.25) is 0 Å². The van der Waals surface area contributed by atoms with Crippen molar-refractivity contribution in [2.45, 2.75) is 11.2 Å². The maximum absolute atomic E-state index is 11.1. The standard InChI is InChI=1S/2C7H10O7P2.W/c2*8-7(15(9,10)11)16(12,13)14-6-4-2-1-3-5-6;/h2*1-5,7-8H,(H,12,13)(H2,9,10,11);/q;;+6/p-6. The van der Waals surface area contributed by atoms with Crippen molar-refractivity contribution in [1.82, 2.24) is 0 Å². The summed E-state index contributed by atoms with van der Waals surface area (Å²) in [6.45, 7) is 0. The Hall–Kier alpha value is -0.672. The third-order valence-electron chi connectivity index (χ3n) is 3.08. The number of aliphatic hydroxyl groups is 2. The van der Waals surface area contributed by atoms with Gasteiger partial charge in [-0.3, -0.25) is 9.13 Å². The Morgan fingerprint density at radius 3 is 1.03 bits per heavy atom. The molecule has 2 aromatic rings. The molecule has 0 aliphatic rings. The van der Waals surface area contributed by atoms with Crippen LogP contribution in [0.5, 0.6) is 11.5 Å². The van der Waals surface area contributed by atoms with Crippen LogP contribution in [0.3, 0.4) is 0 Å². The first-order valence-corrected chi connectivity index (χ1v) is 14.4. The molecule has 0 fully saturated rings. The van der Waals surface area contributed by atoms with E-state index in [-0.39, 0.29) is 32.6 Å². The molecule has 0 aromatic heterocycles. The van der Waals surface area contributed by atoms with Crippen LogP contribution in [-0.4, -0.2) is 21.4 Å². The van der Waals surface area contributed by atoms with Crippen molar-refractivity contribution in [2.24, 2.45) is 0 Å². The van der Waals surface area contributed by atoms with E-state index in [1.54, 1.807) is 12.1 Å². The van der Waals surface area contributed by atoms with Crippen LogP contribution in [0.15, 0.2) is 60.7 Å². The normalized spacial score (nSPS) is 17.0. The van der Waals surface area contributed by atoms with Gasteiger partial charge in [0.2, 0.25) is 15.2 Å². The topological polar surface area (TPSA) is 266 Å². The van der Waals surface area contributed by atoms with Gasteiger partial charge in [0.05, 0.1) is 0 Å². The second-order valence-electron chi connectivity index (χ2n) is 5.66. The Labute approximate surface area is 201 Å². The maximum Gasteiger partial charge on any atom is 6.00 e. The second kappa shape index (κ2) is 12.9. The molecule has 0 amide bonds. The molecule has 0 aliphatic heterocycles. The van der Waals surface area contributed by atoms with Gasteiger partial charge in [0.25, 0.3) is 0 Å². The Bertz CT molecular complexity index is 971. The quantitative estimate of drug-likeness (QED) is 0.271. The van der Waals surface area contributed by atoms with Crippen molar-refractivity contribution < 1.29 is 87.9 Å². The third-order valence-corrected chi connectivity index (χ3v) is 9.67. The van der Waals surface area contributed by atoms with Crippen LogP contribution < -0.4 is 38.4 Å². The van der Waals surface area contributed by atoms with Gasteiger partial charge in [0.15, 0.2) is 11.2 Å². The van der Waals surface area contributed by atoms with Crippen LogP contribution in [0.4, 0.5) is 0 Å². The van der Waals surface area contributed by atoms with E-state index >= 15 is 0 Å². The van der Waals surface area contributed by atoms with Gasteiger partial charge in [-0.25, -0.2) is 0 Å². The minimum Gasteiger partial charge on any atom is -0.809 e. The summed E-state index contributed by atoms with van der Waals surface area (Å²) in [7, 11) is -21.7. The molecule has 4 unspecified atom stereocenters. The molecular weight excluding hydrogens is 700 g/mol. The molecule has 2 aromatic carbocycles. The van der Waals surface area contributed by atoms with Crippen molar-refractivity contribution in [3.8, 4) is 11.5 Å². The first-order chi connectivity index (χ1) is 14.5. The molecule has 2 N–H and O–H groups in total. The Balaban J connectivity index is 0.000000602. The van der Waals surface area contributed by atoms with Crippen molar-refractivity contribution in [3.05, 3.63) is 60.7 Å². The fourth-order valence-electron chi connectivity index (χ4n) is 1.70. The van der Waals surface area contributed by atoms with Gasteiger partial charge in [-0.2, -0.15) is 0 Å². The second-order valence-corrected chi connectivity index (χ2v) is 13.1. The van der Waals surface area contributed by atoms with Crippen molar-refractivity contribution in [2.75, 3.05) is 0 Å². The van der Waals surface area contributed by atoms with Gasteiger partial charge >= 0.3 is 21.1 Å². The van der Waals surface area contributed by atoms with E-state index in [9.17, 15) is 47.6 Å². The summed E-state index contributed by atoms with van der Waals surface area (Å²) >= 11 is 0. The van der Waals surface area contributed by atoms with Crippen molar-refractivity contribution in [1.29, 1.82) is 0 Å². The van der Waals surface area contributed by atoms with E-state index < -0.39 is 41.6 Å². The predicted molar refractivity (Wildman–Crippen MR) is 96.6 cm³/mol. The number of benzene rings is 2. The predicted octanol–water partition coefficient (Wildman–Crippen LogP) is -2.39. The van der Waals surface area contributed by atoms with Gasteiger partial charge in [0, 0.05) is 0 Å². The fourth-order valence-corrected chi connectivity index (χ4v) is 5.77. The van der Waals surface area contributed by atoms with Crippen LogP contribution in [0, 0.1) is 0 Å². The Morgan fingerprint density at radius 1 is 0.576 bits per heavy atom. The Kier molecular flexibility index (Phi) is 12.6. The van der Waals surface area contributed by atoms with Gasteiger partial charge in [0.1, 0.15) is 11.5 Å². The molecule has 14 nitrogen and oxygen atoms in total. The van der Waals surface area contributed by atoms with Crippen LogP contribution in [-0.2, 0) is 39.3 Å². The van der Waals surface area contributed by atoms with Crippen molar-refractivity contribution >= 4 is 30.4 Å². The monoisotopic (exact) mass is 714 g/mol. The molecule has 0 radical (unpaired) electrons. The molecule has 33 heavy (non-hydrogen) atoms. The summed E-state index contributed by atoms with van der Waals surface area (Å²) in [5.74, 6) is -0.373. The van der Waals surface area contributed by atoms with Gasteiger partial charge in [-0.1, -0.05) is 36.4 Å². The number of hydrogen-bond acceptors (Lipinski definition) is 14. The van der Waals surface area contributed by atoms with E-state index in [2.05, 4.69) is 9.05 Å². The van der Waals surface area contributed by atoms with Crippen molar-refractivity contribution in [3.63, 3.8) is 0 Å². The van der Waals surface area contributed by atoms with Crippen LogP contribution in [0.25, 0.3) is 0 Å². The molecule has 2 rings (SSSR count). The minimum absolute atomic E-state index is 0. The number of hydrogen-bond donors (Lipinski definition) is 2. The van der Waals surface area contributed by atoms with E-state index in [4.69, 9.17) is 10.2 Å². The average Bonchev–Trinajstić information content (AvgIpc) is 2.67. The Morgan fingerprint density at radius 2 is 0.818 bits per heavy atom. The summed E-state index contributed by atoms with van der Waals surface area (Å²) < 4.78 is 51.5. The number of para-hydroxylation sites is 2. The van der Waals surface area contributed by atoms with E-state index in [0.717, 1.165) is 0 Å². The number of aliphatic hydroxyl groups excluding tert-OH is 2. The smallest absolute Gasteiger partial charge is 0.809 e. The first-order valence-electron chi connectivity index (χ1n) is 7.97. The largest absolute Gasteiger partial charge is 6.00 e. The zero-order chi connectivity index (χ0) is 24.8. The zero-order valence-electron chi connectivity index (χ0n) is 15.9. The molecule has 0 saturated carbocycles. The molecule has 0 aliphatic carbocycles. The van der Waals surface area contributed by atoms with Gasteiger partial charge < -0.3 is 57.8 Å². The van der Waals surface area contributed by atoms with Crippen LogP contribution in [0.1, 0.15) is 0 Å². The molecule has 0 bridgehead atoms. The van der Waals surface area contributed by atoms with E-state index in [1.807, 2.05) is 0 Å². The summed E-state index contributed by atoms with van der Waals surface area (Å²) in [6.07, 6.45) is 0. The zero-order valence-corrected chi connectivity index (χ0v) is 22.4. The summed E-state index contributed by atoms with van der Waals surface area (Å²) in [4.78, 5) is 63.6. The summed E-state index contributed by atoms with van der Waals surface area (Å²) in [5.41, 5.74) is -6.17.